The van der Waals surface area contributed by atoms with Crippen LogP contribution < -0.4 is 5.32 Å². The van der Waals surface area contributed by atoms with Crippen LogP contribution in [-0.2, 0) is 16.6 Å². The molecule has 8 nitrogen and oxygen atoms in total. The van der Waals surface area contributed by atoms with Gasteiger partial charge in [-0.15, -0.1) is 0 Å². The van der Waals surface area contributed by atoms with Crippen molar-refractivity contribution in [2.24, 2.45) is 13.0 Å². The van der Waals surface area contributed by atoms with Crippen LogP contribution in [0.5, 0.6) is 0 Å². The molecule has 1 aliphatic heterocycles. The van der Waals surface area contributed by atoms with E-state index in [1.54, 1.807) is 30.8 Å². The van der Waals surface area contributed by atoms with Gasteiger partial charge >= 0.3 is 0 Å². The largest absolute Gasteiger partial charge is 0.349 e. The molecule has 0 aliphatic carbocycles. The molecule has 1 aromatic carbocycles. The van der Waals surface area contributed by atoms with Crippen molar-refractivity contribution in [3.63, 3.8) is 0 Å². The van der Waals surface area contributed by atoms with Gasteiger partial charge in [-0.05, 0) is 31.4 Å². The van der Waals surface area contributed by atoms with Crippen molar-refractivity contribution in [2.45, 2.75) is 32.7 Å². The number of nitrogens with zero attached hydrogens (tertiary/aromatic N) is 5. The van der Waals surface area contributed by atoms with E-state index in [0.717, 1.165) is 37.5 Å². The number of fused-ring (bicyclic) bond motifs is 3. The Kier molecular flexibility index (Phi) is 5.57. The van der Waals surface area contributed by atoms with E-state index in [1.807, 2.05) is 41.6 Å². The minimum Gasteiger partial charge on any atom is -0.349 e. The lowest BCUT2D eigenvalue weighted by Gasteiger charge is -2.31. The zero-order chi connectivity index (χ0) is 23.1. The molecule has 1 atom stereocenters. The van der Waals surface area contributed by atoms with Crippen LogP contribution >= 0.6 is 11.3 Å². The average molecular weight is 463 g/mol. The number of piperidine rings is 1. The molecular formula is C24H26N6O2S. The molecule has 9 heteroatoms. The van der Waals surface area contributed by atoms with Gasteiger partial charge in [0.2, 0.25) is 11.8 Å². The van der Waals surface area contributed by atoms with E-state index < -0.39 is 0 Å². The summed E-state index contributed by atoms with van der Waals surface area (Å²) in [6.07, 6.45) is 4.98. The number of carbonyl (C=O) groups excluding carboxylic acids is 2. The summed E-state index contributed by atoms with van der Waals surface area (Å²) in [5, 5.41) is 4.05. The van der Waals surface area contributed by atoms with E-state index in [2.05, 4.69) is 21.4 Å². The summed E-state index contributed by atoms with van der Waals surface area (Å²) in [4.78, 5) is 40.8. The van der Waals surface area contributed by atoms with E-state index in [-0.39, 0.29) is 23.8 Å². The number of aryl methyl sites for hydroxylation is 1. The van der Waals surface area contributed by atoms with Gasteiger partial charge in [-0.3, -0.25) is 9.59 Å². The molecule has 3 aromatic heterocycles. The number of hydrogen-bond acceptors (Lipinski definition) is 6. The summed E-state index contributed by atoms with van der Waals surface area (Å²) in [5.74, 6) is 0.0787. The standard InChI is InChI=1S/C24H26N6O2S/c1-14(27-22(32)16-7-9-30(10-8-16)15(2)31)17-5-4-6-18(11-17)23-28-20-21-19(26-13-29(21)3)12-25-24(20)33-23/h4-6,11-14,16H,7-10H2,1-3H3,(H,27,32)/t14-/m0/s1. The van der Waals surface area contributed by atoms with Gasteiger partial charge in [-0.1, -0.05) is 29.5 Å². The van der Waals surface area contributed by atoms with Crippen molar-refractivity contribution in [1.82, 2.24) is 29.7 Å². The summed E-state index contributed by atoms with van der Waals surface area (Å²) < 4.78 is 1.97. The van der Waals surface area contributed by atoms with Crippen LogP contribution in [0.4, 0.5) is 0 Å². The molecule has 5 rings (SSSR count). The highest BCUT2D eigenvalue weighted by atomic mass is 32.1. The maximum Gasteiger partial charge on any atom is 0.223 e. The molecule has 2 amide bonds. The number of aromatic nitrogens is 4. The van der Waals surface area contributed by atoms with Gasteiger partial charge in [0, 0.05) is 38.5 Å². The van der Waals surface area contributed by atoms with Crippen LogP contribution in [0.25, 0.3) is 32.0 Å². The fourth-order valence-electron chi connectivity index (χ4n) is 4.44. The second kappa shape index (κ2) is 8.55. The van der Waals surface area contributed by atoms with E-state index in [9.17, 15) is 9.59 Å². The summed E-state index contributed by atoms with van der Waals surface area (Å²) in [6.45, 7) is 4.87. The summed E-state index contributed by atoms with van der Waals surface area (Å²) in [7, 11) is 1.96. The lowest BCUT2D eigenvalue weighted by molar-refractivity contribution is -0.134. The number of benzene rings is 1. The van der Waals surface area contributed by atoms with E-state index in [0.29, 0.717) is 25.9 Å². The summed E-state index contributed by atoms with van der Waals surface area (Å²) in [5.41, 5.74) is 4.70. The molecule has 0 radical (unpaired) electrons. The van der Waals surface area contributed by atoms with Gasteiger partial charge in [0.25, 0.3) is 0 Å². The second-order valence-corrected chi connectivity index (χ2v) is 9.63. The van der Waals surface area contributed by atoms with Crippen LogP contribution in [0.2, 0.25) is 0 Å². The maximum absolute atomic E-state index is 12.8. The van der Waals surface area contributed by atoms with Crippen LogP contribution in [0.15, 0.2) is 36.8 Å². The topological polar surface area (TPSA) is 93.0 Å². The number of likely N-dealkylation sites (tertiary alicyclic amines) is 1. The number of carbonyl (C=O) groups is 2. The van der Waals surface area contributed by atoms with Crippen LogP contribution in [-0.4, -0.2) is 49.3 Å². The first-order valence-electron chi connectivity index (χ1n) is 11.1. The second-order valence-electron chi connectivity index (χ2n) is 8.66. The molecule has 170 valence electrons. The smallest absolute Gasteiger partial charge is 0.223 e. The summed E-state index contributed by atoms with van der Waals surface area (Å²) >= 11 is 1.55. The number of nitrogens with one attached hydrogen (secondary N) is 1. The Labute approximate surface area is 195 Å². The van der Waals surface area contributed by atoms with Crippen LogP contribution in [0.3, 0.4) is 0 Å². The Balaban J connectivity index is 1.34. The zero-order valence-electron chi connectivity index (χ0n) is 18.9. The van der Waals surface area contributed by atoms with Gasteiger partial charge < -0.3 is 14.8 Å². The Morgan fingerprint density at radius 2 is 2.00 bits per heavy atom. The average Bonchev–Trinajstić information content (AvgIpc) is 3.42. The van der Waals surface area contributed by atoms with E-state index in [1.165, 1.54) is 0 Å². The highest BCUT2D eigenvalue weighted by Gasteiger charge is 2.27. The van der Waals surface area contributed by atoms with E-state index in [4.69, 9.17) is 4.98 Å². The van der Waals surface area contributed by atoms with Crippen molar-refractivity contribution in [3.05, 3.63) is 42.4 Å². The molecule has 0 bridgehead atoms. The van der Waals surface area contributed by atoms with Crippen molar-refractivity contribution in [3.8, 4) is 10.6 Å². The minimum absolute atomic E-state index is 0.0529. The van der Waals surface area contributed by atoms with Gasteiger partial charge in [-0.2, -0.15) is 0 Å². The first kappa shape index (κ1) is 21.5. The molecule has 1 N–H and O–H groups in total. The van der Waals surface area contributed by atoms with Crippen molar-refractivity contribution < 1.29 is 9.59 Å². The zero-order valence-corrected chi connectivity index (χ0v) is 19.7. The van der Waals surface area contributed by atoms with Gasteiger partial charge in [0.15, 0.2) is 0 Å². The Hall–Kier alpha value is -3.33. The summed E-state index contributed by atoms with van der Waals surface area (Å²) in [6, 6.07) is 8.02. The quantitative estimate of drug-likeness (QED) is 0.499. The number of hydrogen-bond donors (Lipinski definition) is 1. The number of imidazole rings is 1. The fourth-order valence-corrected chi connectivity index (χ4v) is 5.35. The first-order chi connectivity index (χ1) is 15.9. The maximum atomic E-state index is 12.8. The van der Waals surface area contributed by atoms with Crippen LogP contribution in [0, 0.1) is 5.92 Å². The van der Waals surface area contributed by atoms with Gasteiger partial charge in [0.05, 0.1) is 24.1 Å². The lowest BCUT2D eigenvalue weighted by Crippen LogP contribution is -2.42. The molecule has 0 spiro atoms. The Morgan fingerprint density at radius 3 is 2.76 bits per heavy atom. The molecule has 4 aromatic rings. The predicted molar refractivity (Wildman–Crippen MR) is 129 cm³/mol. The van der Waals surface area contributed by atoms with Crippen molar-refractivity contribution in [2.75, 3.05) is 13.1 Å². The fraction of sp³-hybridized carbons (Fsp3) is 0.375. The van der Waals surface area contributed by atoms with Crippen molar-refractivity contribution in [1.29, 1.82) is 0 Å². The molecular weight excluding hydrogens is 436 g/mol. The number of rotatable bonds is 4. The Morgan fingerprint density at radius 1 is 1.21 bits per heavy atom. The predicted octanol–water partition coefficient (Wildman–Crippen LogP) is 3.68. The highest BCUT2D eigenvalue weighted by Crippen LogP contribution is 2.33. The molecule has 33 heavy (non-hydrogen) atoms. The van der Waals surface area contributed by atoms with Gasteiger partial charge in [0.1, 0.15) is 20.9 Å². The van der Waals surface area contributed by atoms with Crippen molar-refractivity contribution >= 4 is 44.5 Å². The molecule has 1 aliphatic rings. The monoisotopic (exact) mass is 462 g/mol. The first-order valence-corrected chi connectivity index (χ1v) is 11.9. The Bertz CT molecular complexity index is 1350. The third-order valence-electron chi connectivity index (χ3n) is 6.41. The number of pyridine rings is 1. The third-order valence-corrected chi connectivity index (χ3v) is 7.42. The number of amides is 2. The highest BCUT2D eigenvalue weighted by molar-refractivity contribution is 7.21. The molecule has 4 heterocycles. The number of thiazole rings is 1. The SMILES string of the molecule is CC(=O)N1CCC(C(=O)N[C@@H](C)c2cccc(-c3nc4c(ncc5ncn(C)c54)s3)c2)CC1. The minimum atomic E-state index is -0.125. The normalized spacial score (nSPS) is 15.8. The molecule has 0 unspecified atom stereocenters. The third kappa shape index (κ3) is 4.08. The molecule has 1 fully saturated rings. The lowest BCUT2D eigenvalue weighted by atomic mass is 9.95. The van der Waals surface area contributed by atoms with Crippen LogP contribution in [0.1, 0.15) is 38.3 Å². The van der Waals surface area contributed by atoms with E-state index >= 15 is 0 Å². The molecule has 1 saturated heterocycles. The molecule has 0 saturated carbocycles. The van der Waals surface area contributed by atoms with Gasteiger partial charge in [-0.25, -0.2) is 15.0 Å².